The normalized spacial score (nSPS) is 10.2. The van der Waals surface area contributed by atoms with Gasteiger partial charge in [0.1, 0.15) is 6.61 Å². The molecule has 0 unspecified atom stereocenters. The zero-order valence-corrected chi connectivity index (χ0v) is 7.69. The summed E-state index contributed by atoms with van der Waals surface area (Å²) in [5, 5.41) is 7.85. The molecule has 0 bridgehead atoms. The van der Waals surface area contributed by atoms with Crippen LogP contribution in [-0.2, 0) is 19.1 Å². The summed E-state index contributed by atoms with van der Waals surface area (Å²) in [5.41, 5.74) is 0. The molecule has 1 N–H and O–H groups in total. The average Bonchev–Trinajstić information content (AvgIpc) is 2.14. The number of carbonyl (C=O) groups is 1. The van der Waals surface area contributed by atoms with E-state index < -0.39 is 12.4 Å². The maximum Gasteiger partial charge on any atom is 0.540 e. The first kappa shape index (κ1) is 12.2. The second-order valence-electron chi connectivity index (χ2n) is 1.99. The van der Waals surface area contributed by atoms with E-state index in [1.54, 1.807) is 13.8 Å². The number of rotatable bonds is 6. The van der Waals surface area contributed by atoms with Gasteiger partial charge in [0, 0.05) is 13.2 Å². The molecule has 0 aromatic heterocycles. The summed E-state index contributed by atoms with van der Waals surface area (Å²) in [6.07, 6.45) is -1.79. The minimum atomic E-state index is -1.18. The van der Waals surface area contributed by atoms with Crippen molar-refractivity contribution in [2.24, 2.45) is 0 Å². The lowest BCUT2D eigenvalue weighted by Crippen LogP contribution is -2.25. The van der Waals surface area contributed by atoms with E-state index in [2.05, 4.69) is 9.62 Å². The topological polar surface area (TPSA) is 74.2 Å². The first-order valence-electron chi connectivity index (χ1n) is 3.95. The summed E-state index contributed by atoms with van der Waals surface area (Å²) in [5.74, 6) is 0. The lowest BCUT2D eigenvalue weighted by atomic mass is 10.6. The Morgan fingerprint density at radius 2 is 1.85 bits per heavy atom. The largest absolute Gasteiger partial charge is 0.540 e. The molecule has 0 aromatic carbocycles. The van der Waals surface area contributed by atoms with E-state index in [1.807, 2.05) is 0 Å². The zero-order chi connectivity index (χ0) is 10.1. The standard InChI is InChI=1S/C7H14O6/c1-3-10-6(11-4-2)5-12-7(8)13-9/h6,9H,3-5H2,1-2H3. The maximum atomic E-state index is 10.3. The highest BCUT2D eigenvalue weighted by Crippen LogP contribution is 1.97. The summed E-state index contributed by atoms with van der Waals surface area (Å²) in [4.78, 5) is 13.6. The smallest absolute Gasteiger partial charge is 0.427 e. The Bertz CT molecular complexity index is 131. The highest BCUT2D eigenvalue weighted by Gasteiger charge is 2.11. The molecule has 6 nitrogen and oxygen atoms in total. The molecule has 0 atom stereocenters. The molecule has 0 rings (SSSR count). The van der Waals surface area contributed by atoms with Crippen LogP contribution in [0.15, 0.2) is 0 Å². The van der Waals surface area contributed by atoms with Crippen molar-refractivity contribution < 1.29 is 29.1 Å². The summed E-state index contributed by atoms with van der Waals surface area (Å²) in [6, 6.07) is 0. The van der Waals surface area contributed by atoms with E-state index in [1.165, 1.54) is 0 Å². The highest BCUT2D eigenvalue weighted by molar-refractivity contribution is 5.58. The van der Waals surface area contributed by atoms with Crippen LogP contribution in [0.5, 0.6) is 0 Å². The third-order valence-electron chi connectivity index (χ3n) is 1.12. The van der Waals surface area contributed by atoms with Crippen LogP contribution < -0.4 is 0 Å². The highest BCUT2D eigenvalue weighted by atomic mass is 17.1. The van der Waals surface area contributed by atoms with Crippen molar-refractivity contribution in [1.82, 2.24) is 0 Å². The summed E-state index contributed by atoms with van der Waals surface area (Å²) in [6.45, 7) is 4.36. The second-order valence-corrected chi connectivity index (χ2v) is 1.99. The Morgan fingerprint density at radius 3 is 2.23 bits per heavy atom. The lowest BCUT2D eigenvalue weighted by Gasteiger charge is -2.15. The SMILES string of the molecule is CCOC(COC(=O)OO)OCC. The molecular formula is C7H14O6. The molecule has 13 heavy (non-hydrogen) atoms. The van der Waals surface area contributed by atoms with Gasteiger partial charge in [-0.1, -0.05) is 0 Å². The van der Waals surface area contributed by atoms with Crippen LogP contribution >= 0.6 is 0 Å². The van der Waals surface area contributed by atoms with Crippen molar-refractivity contribution in [1.29, 1.82) is 0 Å². The van der Waals surface area contributed by atoms with Gasteiger partial charge in [-0.2, -0.15) is 5.26 Å². The molecule has 0 aliphatic carbocycles. The summed E-state index contributed by atoms with van der Waals surface area (Å²) in [7, 11) is 0. The lowest BCUT2D eigenvalue weighted by molar-refractivity contribution is -0.215. The Kier molecular flexibility index (Phi) is 7.27. The minimum Gasteiger partial charge on any atom is -0.427 e. The molecule has 78 valence electrons. The number of hydrogen-bond donors (Lipinski definition) is 1. The fourth-order valence-electron chi connectivity index (χ4n) is 0.679. The molecule has 6 heteroatoms. The average molecular weight is 194 g/mol. The van der Waals surface area contributed by atoms with Crippen LogP contribution in [0.25, 0.3) is 0 Å². The Balaban J connectivity index is 3.61. The van der Waals surface area contributed by atoms with Gasteiger partial charge in [0.15, 0.2) is 6.29 Å². The molecule has 0 radical (unpaired) electrons. The quantitative estimate of drug-likeness (QED) is 0.294. The van der Waals surface area contributed by atoms with Gasteiger partial charge in [-0.3, -0.25) is 4.89 Å². The number of hydrogen-bond acceptors (Lipinski definition) is 6. The molecule has 0 aromatic rings. The fourth-order valence-corrected chi connectivity index (χ4v) is 0.679. The van der Waals surface area contributed by atoms with Crippen molar-refractivity contribution in [3.05, 3.63) is 0 Å². The minimum absolute atomic E-state index is 0.110. The van der Waals surface area contributed by atoms with Crippen molar-refractivity contribution >= 4 is 6.16 Å². The van der Waals surface area contributed by atoms with Crippen LogP contribution in [0.1, 0.15) is 13.8 Å². The predicted octanol–water partition coefficient (Wildman–Crippen LogP) is 1.01. The van der Waals surface area contributed by atoms with Crippen LogP contribution in [0.2, 0.25) is 0 Å². The molecule has 0 spiro atoms. The van der Waals surface area contributed by atoms with Crippen LogP contribution in [0, 0.1) is 0 Å². The van der Waals surface area contributed by atoms with Gasteiger partial charge in [-0.05, 0) is 13.8 Å². The molecule has 0 amide bonds. The van der Waals surface area contributed by atoms with Crippen LogP contribution in [-0.4, -0.2) is 37.5 Å². The van der Waals surface area contributed by atoms with E-state index in [4.69, 9.17) is 14.7 Å². The van der Waals surface area contributed by atoms with E-state index in [0.29, 0.717) is 13.2 Å². The fraction of sp³-hybridized carbons (Fsp3) is 0.857. The van der Waals surface area contributed by atoms with Gasteiger partial charge in [0.05, 0.1) is 0 Å². The monoisotopic (exact) mass is 194 g/mol. The van der Waals surface area contributed by atoms with E-state index in [0.717, 1.165) is 0 Å². The van der Waals surface area contributed by atoms with Gasteiger partial charge in [-0.25, -0.2) is 4.79 Å². The Morgan fingerprint density at radius 1 is 1.31 bits per heavy atom. The predicted molar refractivity (Wildman–Crippen MR) is 42.1 cm³/mol. The van der Waals surface area contributed by atoms with Crippen molar-refractivity contribution in [3.8, 4) is 0 Å². The van der Waals surface area contributed by atoms with Crippen LogP contribution in [0.4, 0.5) is 4.79 Å². The summed E-state index contributed by atoms with van der Waals surface area (Å²) < 4.78 is 14.5. The number of ether oxygens (including phenoxy) is 3. The van der Waals surface area contributed by atoms with Gasteiger partial charge >= 0.3 is 6.16 Å². The zero-order valence-electron chi connectivity index (χ0n) is 7.69. The van der Waals surface area contributed by atoms with Crippen molar-refractivity contribution in [2.75, 3.05) is 19.8 Å². The summed E-state index contributed by atoms with van der Waals surface area (Å²) >= 11 is 0. The van der Waals surface area contributed by atoms with Gasteiger partial charge < -0.3 is 14.2 Å². The third kappa shape index (κ3) is 6.32. The van der Waals surface area contributed by atoms with Crippen LogP contribution in [0.3, 0.4) is 0 Å². The second kappa shape index (κ2) is 7.78. The molecule has 0 fully saturated rings. The Hall–Kier alpha value is -0.850. The first-order chi connectivity index (χ1) is 6.24. The first-order valence-corrected chi connectivity index (χ1v) is 3.95. The van der Waals surface area contributed by atoms with Gasteiger partial charge in [-0.15, -0.1) is 0 Å². The Labute approximate surface area is 76.3 Å². The molecule has 0 aliphatic rings. The third-order valence-corrected chi connectivity index (χ3v) is 1.12. The molecule has 0 saturated carbocycles. The molecule has 0 heterocycles. The van der Waals surface area contributed by atoms with E-state index >= 15 is 0 Å². The molecule has 0 saturated heterocycles. The van der Waals surface area contributed by atoms with E-state index in [-0.39, 0.29) is 6.61 Å². The maximum absolute atomic E-state index is 10.3. The van der Waals surface area contributed by atoms with Crippen molar-refractivity contribution in [3.63, 3.8) is 0 Å². The van der Waals surface area contributed by atoms with Gasteiger partial charge in [0.2, 0.25) is 0 Å². The van der Waals surface area contributed by atoms with Crippen molar-refractivity contribution in [2.45, 2.75) is 20.1 Å². The van der Waals surface area contributed by atoms with E-state index in [9.17, 15) is 4.79 Å². The molecular weight excluding hydrogens is 180 g/mol. The number of carbonyl (C=O) groups excluding carboxylic acids is 1. The molecule has 0 aliphatic heterocycles. The van der Waals surface area contributed by atoms with Gasteiger partial charge in [0.25, 0.3) is 0 Å².